The fourth-order valence-corrected chi connectivity index (χ4v) is 5.75. The summed E-state index contributed by atoms with van der Waals surface area (Å²) < 4.78 is 48.6. The molecule has 1 aromatic carbocycles. The van der Waals surface area contributed by atoms with Gasteiger partial charge in [-0.05, 0) is 50.4 Å². The fraction of sp³-hybridized carbons (Fsp3) is 0.579. The van der Waals surface area contributed by atoms with Gasteiger partial charge in [-0.25, -0.2) is 4.79 Å². The monoisotopic (exact) mass is 381 g/mol. The van der Waals surface area contributed by atoms with Crippen LogP contribution in [0.4, 0.5) is 13.2 Å². The molecule has 5 rings (SSSR count). The van der Waals surface area contributed by atoms with Gasteiger partial charge < -0.3 is 14.4 Å². The van der Waals surface area contributed by atoms with Crippen LogP contribution in [0.5, 0.6) is 11.5 Å². The van der Waals surface area contributed by atoms with E-state index in [1.807, 2.05) is 0 Å². The molecule has 0 radical (unpaired) electrons. The normalized spacial score (nSPS) is 34.1. The van der Waals surface area contributed by atoms with Crippen LogP contribution in [0.1, 0.15) is 30.4 Å². The number of ketones is 1. The number of rotatable bonds is 1. The van der Waals surface area contributed by atoms with Crippen LogP contribution in [-0.2, 0) is 21.4 Å². The highest BCUT2D eigenvalue weighted by Crippen LogP contribution is 2.63. The molecular formula is C19H18F3NO4. The lowest BCUT2D eigenvalue weighted by Crippen LogP contribution is -2.65. The molecule has 2 heterocycles. The van der Waals surface area contributed by atoms with Crippen LogP contribution in [0.25, 0.3) is 0 Å². The lowest BCUT2D eigenvalue weighted by Gasteiger charge is -2.57. The number of Topliss-reactive ketones (excluding diaryl/α,β-unsaturated/α-hetero) is 1. The SMILES string of the molecule is CN1CC[C@]23c4c5ccc(OC(=O)C(F)(F)F)c4O[C@H]2C(=O)CC[C@H]3[C@H]1C5. The molecule has 1 spiro atoms. The van der Waals surface area contributed by atoms with Gasteiger partial charge in [-0.2, -0.15) is 13.2 Å². The molecule has 4 atom stereocenters. The van der Waals surface area contributed by atoms with Crippen molar-refractivity contribution in [3.8, 4) is 11.5 Å². The predicted molar refractivity (Wildman–Crippen MR) is 86.7 cm³/mol. The highest BCUT2D eigenvalue weighted by Gasteiger charge is 2.65. The van der Waals surface area contributed by atoms with Gasteiger partial charge in [0, 0.05) is 23.4 Å². The Morgan fingerprint density at radius 2 is 2.15 bits per heavy atom. The number of piperidine rings is 1. The highest BCUT2D eigenvalue weighted by atomic mass is 19.4. The molecule has 2 aliphatic heterocycles. The van der Waals surface area contributed by atoms with Crippen molar-refractivity contribution in [1.29, 1.82) is 0 Å². The van der Waals surface area contributed by atoms with Crippen LogP contribution in [-0.4, -0.2) is 48.6 Å². The highest BCUT2D eigenvalue weighted by molar-refractivity contribution is 5.89. The Kier molecular flexibility index (Phi) is 3.31. The summed E-state index contributed by atoms with van der Waals surface area (Å²) in [7, 11) is 2.07. The van der Waals surface area contributed by atoms with Gasteiger partial charge in [0.2, 0.25) is 0 Å². The summed E-state index contributed by atoms with van der Waals surface area (Å²) in [5, 5.41) is 0. The van der Waals surface area contributed by atoms with Crippen molar-refractivity contribution in [2.75, 3.05) is 13.6 Å². The number of likely N-dealkylation sites (N-methyl/N-ethyl adjacent to an activating group) is 1. The minimum Gasteiger partial charge on any atom is -0.477 e. The minimum atomic E-state index is -5.09. The average Bonchev–Trinajstić information content (AvgIpc) is 2.96. The molecule has 0 amide bonds. The summed E-state index contributed by atoms with van der Waals surface area (Å²) >= 11 is 0. The van der Waals surface area contributed by atoms with Gasteiger partial charge in [0.05, 0.1) is 0 Å². The Morgan fingerprint density at radius 3 is 2.89 bits per heavy atom. The van der Waals surface area contributed by atoms with E-state index in [0.29, 0.717) is 12.8 Å². The van der Waals surface area contributed by atoms with Crippen molar-refractivity contribution >= 4 is 11.8 Å². The zero-order valence-electron chi connectivity index (χ0n) is 14.6. The minimum absolute atomic E-state index is 0.0216. The molecule has 2 fully saturated rings. The zero-order valence-corrected chi connectivity index (χ0v) is 14.6. The largest absolute Gasteiger partial charge is 0.491 e. The second-order valence-electron chi connectivity index (χ2n) is 7.97. The van der Waals surface area contributed by atoms with Crippen molar-refractivity contribution in [2.45, 2.75) is 49.4 Å². The van der Waals surface area contributed by atoms with Crippen molar-refractivity contribution < 1.29 is 32.2 Å². The first-order chi connectivity index (χ1) is 12.7. The maximum atomic E-state index is 12.7. The Hall–Kier alpha value is -2.09. The van der Waals surface area contributed by atoms with Crippen LogP contribution < -0.4 is 9.47 Å². The molecule has 144 valence electrons. The number of likely N-dealkylation sites (tertiary alicyclic amines) is 1. The third kappa shape index (κ3) is 2.10. The topological polar surface area (TPSA) is 55.8 Å². The third-order valence-electron chi connectivity index (χ3n) is 6.80. The molecule has 1 saturated heterocycles. The number of esters is 1. The van der Waals surface area contributed by atoms with E-state index in [4.69, 9.17) is 4.74 Å². The van der Waals surface area contributed by atoms with Crippen molar-refractivity contribution in [1.82, 2.24) is 4.90 Å². The Balaban J connectivity index is 1.67. The number of halogens is 3. The Labute approximate surface area is 153 Å². The van der Waals surface area contributed by atoms with E-state index in [2.05, 4.69) is 16.7 Å². The van der Waals surface area contributed by atoms with Crippen molar-refractivity contribution in [3.05, 3.63) is 23.3 Å². The standard InChI is InChI=1S/C19H18F3NO4/c1-23-7-6-18-10-3-4-12(24)16(18)27-15-13(26-17(25)19(20,21)22)5-2-9(14(15)18)8-11(10)23/h2,5,10-11,16H,3-4,6-8H2,1H3/t10-,11+,16-,18-/m0/s1. The molecule has 0 unspecified atom stereocenters. The van der Waals surface area contributed by atoms with Gasteiger partial charge in [0.15, 0.2) is 23.4 Å². The van der Waals surface area contributed by atoms with E-state index in [0.717, 1.165) is 30.5 Å². The molecule has 0 N–H and O–H groups in total. The first kappa shape index (κ1) is 17.0. The molecular weight excluding hydrogens is 363 g/mol. The first-order valence-electron chi connectivity index (χ1n) is 9.08. The zero-order chi connectivity index (χ0) is 19.1. The summed E-state index contributed by atoms with van der Waals surface area (Å²) in [6.07, 6.45) is -3.18. The number of ether oxygens (including phenoxy) is 2. The number of benzene rings is 1. The maximum absolute atomic E-state index is 12.7. The van der Waals surface area contributed by atoms with E-state index < -0.39 is 23.7 Å². The maximum Gasteiger partial charge on any atom is 0.491 e. The molecule has 0 aromatic heterocycles. The predicted octanol–water partition coefficient (Wildman–Crippen LogP) is 2.39. The molecule has 27 heavy (non-hydrogen) atoms. The van der Waals surface area contributed by atoms with Gasteiger partial charge in [0.1, 0.15) is 0 Å². The summed E-state index contributed by atoms with van der Waals surface area (Å²) in [5.41, 5.74) is 1.25. The Morgan fingerprint density at radius 1 is 1.37 bits per heavy atom. The van der Waals surface area contributed by atoms with Crippen LogP contribution in [0.3, 0.4) is 0 Å². The number of carbonyl (C=O) groups is 2. The van der Waals surface area contributed by atoms with Gasteiger partial charge in [0.25, 0.3) is 0 Å². The Bertz CT molecular complexity index is 867. The molecule has 5 nitrogen and oxygen atoms in total. The number of hydrogen-bond donors (Lipinski definition) is 0. The van der Waals surface area contributed by atoms with Crippen LogP contribution in [0.2, 0.25) is 0 Å². The number of carbonyl (C=O) groups excluding carboxylic acids is 2. The molecule has 2 aliphatic carbocycles. The number of nitrogens with zero attached hydrogens (tertiary/aromatic N) is 1. The smallest absolute Gasteiger partial charge is 0.477 e. The van der Waals surface area contributed by atoms with E-state index >= 15 is 0 Å². The average molecular weight is 381 g/mol. The molecule has 1 aromatic rings. The van der Waals surface area contributed by atoms with Gasteiger partial charge in [-0.3, -0.25) is 4.79 Å². The van der Waals surface area contributed by atoms with Gasteiger partial charge in [-0.15, -0.1) is 0 Å². The first-order valence-corrected chi connectivity index (χ1v) is 9.08. The summed E-state index contributed by atoms with van der Waals surface area (Å²) in [6.45, 7) is 0.791. The quantitative estimate of drug-likeness (QED) is 0.552. The van der Waals surface area contributed by atoms with Crippen LogP contribution in [0.15, 0.2) is 12.1 Å². The summed E-state index contributed by atoms with van der Waals surface area (Å²) in [6, 6.07) is 3.35. The van der Waals surface area contributed by atoms with Crippen molar-refractivity contribution in [3.63, 3.8) is 0 Å². The van der Waals surface area contributed by atoms with Gasteiger partial charge >= 0.3 is 12.1 Å². The van der Waals surface area contributed by atoms with Crippen LogP contribution in [0, 0.1) is 5.92 Å². The van der Waals surface area contributed by atoms with E-state index in [9.17, 15) is 22.8 Å². The second-order valence-corrected chi connectivity index (χ2v) is 7.97. The van der Waals surface area contributed by atoms with E-state index in [1.165, 1.54) is 6.07 Å². The third-order valence-corrected chi connectivity index (χ3v) is 6.80. The molecule has 2 bridgehead atoms. The second kappa shape index (κ2) is 5.25. The lowest BCUT2D eigenvalue weighted by atomic mass is 9.52. The van der Waals surface area contributed by atoms with Gasteiger partial charge in [-0.1, -0.05) is 6.07 Å². The van der Waals surface area contributed by atoms with E-state index in [1.54, 1.807) is 6.07 Å². The molecule has 1 saturated carbocycles. The molecule has 8 heteroatoms. The molecule has 4 aliphatic rings. The number of alkyl halides is 3. The summed E-state index contributed by atoms with van der Waals surface area (Å²) in [5.74, 6) is -2.19. The lowest BCUT2D eigenvalue weighted by molar-refractivity contribution is -0.189. The fourth-order valence-electron chi connectivity index (χ4n) is 5.75. The van der Waals surface area contributed by atoms with Crippen LogP contribution >= 0.6 is 0 Å². The number of hydrogen-bond acceptors (Lipinski definition) is 5. The summed E-state index contributed by atoms with van der Waals surface area (Å²) in [4.78, 5) is 26.3. The van der Waals surface area contributed by atoms with E-state index in [-0.39, 0.29) is 29.2 Å². The van der Waals surface area contributed by atoms with Crippen molar-refractivity contribution in [2.24, 2.45) is 5.92 Å².